The molecule has 5 aliphatic rings. The second-order valence-electron chi connectivity index (χ2n) is 11.9. The summed E-state index contributed by atoms with van der Waals surface area (Å²) >= 11 is 0. The molecule has 0 radical (unpaired) electrons. The van der Waals surface area contributed by atoms with Crippen LogP contribution in [0, 0.1) is 34.5 Å². The van der Waals surface area contributed by atoms with E-state index in [2.05, 4.69) is 18.3 Å². The number of allylic oxidation sites excluding steroid dienone is 2. The summed E-state index contributed by atoms with van der Waals surface area (Å²) < 4.78 is 26.4. The third-order valence-electron chi connectivity index (χ3n) is 9.50. The molecule has 212 valence electrons. The first-order valence-corrected chi connectivity index (χ1v) is 13.8. The number of ketones is 1. The number of anilines is 1. The first kappa shape index (κ1) is 27.6. The highest BCUT2D eigenvalue weighted by atomic mass is 16.7. The number of amides is 1. The highest BCUT2D eigenvalue weighted by Crippen LogP contribution is 2.69. The van der Waals surface area contributed by atoms with Crippen molar-refractivity contribution in [3.8, 4) is 11.5 Å². The molecule has 9 nitrogen and oxygen atoms in total. The molecule has 1 amide bonds. The number of hydrogen-bond donors (Lipinski definition) is 1. The molecule has 4 bridgehead atoms. The van der Waals surface area contributed by atoms with Crippen LogP contribution in [0.3, 0.4) is 0 Å². The van der Waals surface area contributed by atoms with Crippen molar-refractivity contribution in [1.29, 1.82) is 0 Å². The molecule has 2 unspecified atom stereocenters. The fourth-order valence-corrected chi connectivity index (χ4v) is 8.40. The third kappa shape index (κ3) is 4.95. The summed E-state index contributed by atoms with van der Waals surface area (Å²) in [5.74, 6) is 1.88. The van der Waals surface area contributed by atoms with Crippen molar-refractivity contribution in [3.63, 3.8) is 0 Å². The van der Waals surface area contributed by atoms with Crippen molar-refractivity contribution in [3.05, 3.63) is 29.8 Å². The van der Waals surface area contributed by atoms with Gasteiger partial charge in [0.05, 0.1) is 7.11 Å². The topological polar surface area (TPSA) is 109 Å². The largest absolute Gasteiger partial charge is 0.465 e. The molecule has 0 aliphatic heterocycles. The van der Waals surface area contributed by atoms with Crippen LogP contribution in [0.25, 0.3) is 0 Å². The van der Waals surface area contributed by atoms with Gasteiger partial charge in [-0.1, -0.05) is 13.0 Å². The molecule has 4 saturated carbocycles. The molecule has 4 atom stereocenters. The number of esters is 1. The van der Waals surface area contributed by atoms with Gasteiger partial charge in [0.2, 0.25) is 5.91 Å². The fourth-order valence-electron chi connectivity index (χ4n) is 8.40. The first-order chi connectivity index (χ1) is 18.7. The van der Waals surface area contributed by atoms with Gasteiger partial charge in [0.25, 0.3) is 0 Å². The molecular weight excluding hydrogens is 502 g/mol. The van der Waals surface area contributed by atoms with E-state index in [4.69, 9.17) is 23.7 Å². The van der Waals surface area contributed by atoms with E-state index >= 15 is 0 Å². The lowest BCUT2D eigenvalue weighted by Crippen LogP contribution is -2.60. The highest BCUT2D eigenvalue weighted by Gasteiger charge is 2.63. The maximum absolute atomic E-state index is 13.4. The zero-order valence-corrected chi connectivity index (χ0v) is 23.2. The summed E-state index contributed by atoms with van der Waals surface area (Å²) in [6.45, 7) is 1.84. The van der Waals surface area contributed by atoms with Crippen LogP contribution >= 0.6 is 0 Å². The predicted octanol–water partition coefficient (Wildman–Crippen LogP) is 4.75. The van der Waals surface area contributed by atoms with Gasteiger partial charge in [0.15, 0.2) is 25.1 Å². The summed E-state index contributed by atoms with van der Waals surface area (Å²) in [5.41, 5.74) is -0.207. The van der Waals surface area contributed by atoms with Crippen LogP contribution in [0.2, 0.25) is 0 Å². The summed E-state index contributed by atoms with van der Waals surface area (Å²) in [4.78, 5) is 39.3. The molecule has 1 aromatic carbocycles. The van der Waals surface area contributed by atoms with E-state index < -0.39 is 11.4 Å². The van der Waals surface area contributed by atoms with Crippen LogP contribution in [0.15, 0.2) is 24.3 Å². The Balaban J connectivity index is 1.38. The van der Waals surface area contributed by atoms with Crippen LogP contribution in [-0.2, 0) is 23.8 Å². The van der Waals surface area contributed by atoms with Gasteiger partial charge in [-0.2, -0.15) is 0 Å². The Labute approximate surface area is 229 Å². The van der Waals surface area contributed by atoms with E-state index in [1.54, 1.807) is 12.1 Å². The molecule has 9 heteroatoms. The number of ether oxygens (including phenoxy) is 5. The maximum atomic E-state index is 13.4. The second kappa shape index (κ2) is 10.9. The lowest BCUT2D eigenvalue weighted by Gasteiger charge is -2.65. The van der Waals surface area contributed by atoms with Gasteiger partial charge in [0.1, 0.15) is 17.0 Å². The van der Waals surface area contributed by atoms with Crippen molar-refractivity contribution in [2.75, 3.05) is 40.2 Å². The molecule has 5 aliphatic carbocycles. The monoisotopic (exact) mass is 541 g/mol. The molecule has 6 rings (SSSR count). The number of nitrogens with one attached hydrogen (secondary N) is 1. The molecule has 0 saturated heterocycles. The Morgan fingerprint density at radius 3 is 2.36 bits per heavy atom. The van der Waals surface area contributed by atoms with Gasteiger partial charge < -0.3 is 29.0 Å². The third-order valence-corrected chi connectivity index (χ3v) is 9.50. The zero-order valence-electron chi connectivity index (χ0n) is 23.2. The van der Waals surface area contributed by atoms with Crippen LogP contribution in [-0.4, -0.2) is 52.6 Å². The van der Waals surface area contributed by atoms with Crippen molar-refractivity contribution < 1.29 is 38.1 Å². The number of carbonyl (C=O) groups is 3. The second-order valence-corrected chi connectivity index (χ2v) is 11.9. The number of benzene rings is 1. The molecule has 1 aromatic rings. The average molecular weight is 542 g/mol. The SMILES string of the molecule is COCOc1ccc(C(=O)OC)c(OCOC)c1NC(=O)CC[C@@]1(C)C(=O)C=CC23CC4CC(CC(C4)[C@@H]21)C3. The van der Waals surface area contributed by atoms with Crippen LogP contribution < -0.4 is 14.8 Å². The molecule has 0 aromatic heterocycles. The minimum atomic E-state index is -0.630. The summed E-state index contributed by atoms with van der Waals surface area (Å²) in [5, 5.41) is 2.89. The quantitative estimate of drug-likeness (QED) is 0.316. The standard InChI is InChI=1S/C30H39NO8/c1-29(23(32)7-10-30-14-18-11-19(15-30)13-20(12-18)27(29)30)9-8-24(33)31-25-22(38-16-35-2)6-5-21(28(34)37-4)26(25)39-17-36-3/h5-7,10,18-20,27H,8-9,11-17H2,1-4H3,(H,31,33)/t18?,19?,20?,27-,29+,30?/m1/s1. The number of carbonyl (C=O) groups excluding carboxylic acids is 3. The highest BCUT2D eigenvalue weighted by molar-refractivity contribution is 6.01. The van der Waals surface area contributed by atoms with Gasteiger partial charge in [-0.15, -0.1) is 0 Å². The summed E-state index contributed by atoms with van der Waals surface area (Å²) in [6.07, 6.45) is 10.7. The van der Waals surface area contributed by atoms with Gasteiger partial charge >= 0.3 is 5.97 Å². The zero-order chi connectivity index (χ0) is 27.8. The smallest absolute Gasteiger partial charge is 0.341 e. The Hall–Kier alpha value is -2.91. The van der Waals surface area contributed by atoms with E-state index in [1.807, 2.05) is 0 Å². The minimum absolute atomic E-state index is 0.0732. The molecule has 0 heterocycles. The van der Waals surface area contributed by atoms with Crippen LogP contribution in [0.4, 0.5) is 5.69 Å². The predicted molar refractivity (Wildman–Crippen MR) is 142 cm³/mol. The van der Waals surface area contributed by atoms with Gasteiger partial charge in [-0.3, -0.25) is 9.59 Å². The minimum Gasteiger partial charge on any atom is -0.465 e. The lowest BCUT2D eigenvalue weighted by atomic mass is 9.38. The summed E-state index contributed by atoms with van der Waals surface area (Å²) in [6, 6.07) is 3.05. The van der Waals surface area contributed by atoms with Gasteiger partial charge in [-0.25, -0.2) is 4.79 Å². The maximum Gasteiger partial charge on any atom is 0.341 e. The van der Waals surface area contributed by atoms with E-state index in [1.165, 1.54) is 46.7 Å². The van der Waals surface area contributed by atoms with Gasteiger partial charge in [0, 0.05) is 26.1 Å². The average Bonchev–Trinajstić information content (AvgIpc) is 2.91. The number of rotatable bonds is 11. The number of hydrogen-bond acceptors (Lipinski definition) is 8. The van der Waals surface area contributed by atoms with E-state index in [9.17, 15) is 14.4 Å². The number of methoxy groups -OCH3 is 3. The van der Waals surface area contributed by atoms with Crippen molar-refractivity contribution in [2.45, 2.75) is 51.9 Å². The van der Waals surface area contributed by atoms with Crippen molar-refractivity contribution in [2.24, 2.45) is 34.5 Å². The first-order valence-electron chi connectivity index (χ1n) is 13.8. The fraction of sp³-hybridized carbons (Fsp3) is 0.633. The van der Waals surface area contributed by atoms with Crippen molar-refractivity contribution in [1.82, 2.24) is 0 Å². The van der Waals surface area contributed by atoms with E-state index in [0.29, 0.717) is 12.3 Å². The molecule has 39 heavy (non-hydrogen) atoms. The Morgan fingerprint density at radius 2 is 1.69 bits per heavy atom. The van der Waals surface area contributed by atoms with E-state index in [0.717, 1.165) is 24.7 Å². The normalized spacial score (nSPS) is 32.1. The molecule has 1 spiro atoms. The Bertz CT molecular complexity index is 1150. The van der Waals surface area contributed by atoms with Crippen LogP contribution in [0.1, 0.15) is 62.2 Å². The van der Waals surface area contributed by atoms with Crippen molar-refractivity contribution >= 4 is 23.3 Å². The van der Waals surface area contributed by atoms with Crippen LogP contribution in [0.5, 0.6) is 11.5 Å². The lowest BCUT2D eigenvalue weighted by molar-refractivity contribution is -0.160. The Kier molecular flexibility index (Phi) is 7.75. The molecule has 1 N–H and O–H groups in total. The Morgan fingerprint density at radius 1 is 1.00 bits per heavy atom. The summed E-state index contributed by atoms with van der Waals surface area (Å²) in [7, 11) is 4.20. The molecule has 4 fully saturated rings. The molecular formula is C30H39NO8. The van der Waals surface area contributed by atoms with E-state index in [-0.39, 0.29) is 65.8 Å². The van der Waals surface area contributed by atoms with Gasteiger partial charge in [-0.05, 0) is 85.8 Å².